The van der Waals surface area contributed by atoms with E-state index in [2.05, 4.69) is 9.97 Å². The third-order valence-electron chi connectivity index (χ3n) is 2.89. The summed E-state index contributed by atoms with van der Waals surface area (Å²) in [6.07, 6.45) is 4.65. The first-order chi connectivity index (χ1) is 10.6. The van der Waals surface area contributed by atoms with Crippen LogP contribution in [-0.4, -0.2) is 35.1 Å². The summed E-state index contributed by atoms with van der Waals surface area (Å²) in [5.74, 6) is 1.07. The normalized spacial score (nSPS) is 10.6. The maximum Gasteiger partial charge on any atom is 0.216 e. The minimum Gasteiger partial charge on any atom is -0.504 e. The number of nitrogens with zero attached hydrogens (tertiary/aromatic N) is 2. The van der Waals surface area contributed by atoms with Gasteiger partial charge in [0.2, 0.25) is 5.88 Å². The maximum atomic E-state index is 11.9. The van der Waals surface area contributed by atoms with E-state index < -0.39 is 0 Å². The molecule has 1 heterocycles. The van der Waals surface area contributed by atoms with Crippen LogP contribution in [0.15, 0.2) is 36.5 Å². The van der Waals surface area contributed by atoms with Crippen molar-refractivity contribution in [2.24, 2.45) is 0 Å². The van der Waals surface area contributed by atoms with Crippen LogP contribution < -0.4 is 9.47 Å². The van der Waals surface area contributed by atoms with Crippen LogP contribution in [0.1, 0.15) is 11.4 Å². The molecule has 0 aliphatic rings. The van der Waals surface area contributed by atoms with Gasteiger partial charge in [-0.1, -0.05) is 12.1 Å². The number of phenolic OH excluding ortho intramolecular Hbond substituents is 1. The zero-order valence-corrected chi connectivity index (χ0v) is 12.3. The molecule has 114 valence electrons. The number of hydrogen-bond donors (Lipinski definition) is 1. The number of carbonyl (C=O) groups excluding carboxylic acids is 1. The first kappa shape index (κ1) is 15.5. The molecule has 0 aliphatic heterocycles. The molecule has 0 bridgehead atoms. The van der Waals surface area contributed by atoms with Crippen molar-refractivity contribution in [3.8, 4) is 17.4 Å². The smallest absolute Gasteiger partial charge is 0.216 e. The molecule has 0 saturated heterocycles. The van der Waals surface area contributed by atoms with Crippen molar-refractivity contribution in [3.05, 3.63) is 47.9 Å². The van der Waals surface area contributed by atoms with Gasteiger partial charge in [0.25, 0.3) is 0 Å². The molecule has 2 aromatic rings. The summed E-state index contributed by atoms with van der Waals surface area (Å²) < 4.78 is 9.94. The monoisotopic (exact) mass is 300 g/mol. The number of methoxy groups -OCH3 is 2. The fourth-order valence-electron chi connectivity index (χ4n) is 1.79. The van der Waals surface area contributed by atoms with Crippen molar-refractivity contribution in [3.63, 3.8) is 0 Å². The van der Waals surface area contributed by atoms with Crippen LogP contribution in [0.25, 0.3) is 6.08 Å². The molecule has 1 aromatic carbocycles. The number of benzene rings is 1. The molecule has 0 atom stereocenters. The van der Waals surface area contributed by atoms with Crippen LogP contribution in [0.4, 0.5) is 0 Å². The van der Waals surface area contributed by atoms with E-state index in [4.69, 9.17) is 9.47 Å². The first-order valence-electron chi connectivity index (χ1n) is 6.56. The van der Waals surface area contributed by atoms with Crippen molar-refractivity contribution < 1.29 is 19.4 Å². The number of carbonyl (C=O) groups is 1. The zero-order valence-electron chi connectivity index (χ0n) is 12.3. The van der Waals surface area contributed by atoms with Gasteiger partial charge in [0.1, 0.15) is 5.82 Å². The average Bonchev–Trinajstić information content (AvgIpc) is 2.53. The van der Waals surface area contributed by atoms with E-state index in [1.807, 2.05) is 0 Å². The number of allylic oxidation sites excluding steroid dienone is 1. The lowest BCUT2D eigenvalue weighted by Gasteiger charge is -2.03. The summed E-state index contributed by atoms with van der Waals surface area (Å²) in [6, 6.07) is 6.50. The van der Waals surface area contributed by atoms with Gasteiger partial charge in [0.05, 0.1) is 20.6 Å². The number of hydrogen-bond acceptors (Lipinski definition) is 6. The molecule has 0 spiro atoms. The van der Waals surface area contributed by atoms with Crippen molar-refractivity contribution in [2.75, 3.05) is 14.2 Å². The lowest BCUT2D eigenvalue weighted by molar-refractivity contribution is -0.114. The molecule has 0 radical (unpaired) electrons. The predicted molar refractivity (Wildman–Crippen MR) is 81.0 cm³/mol. The van der Waals surface area contributed by atoms with Crippen molar-refractivity contribution in [2.45, 2.75) is 6.42 Å². The molecular formula is C16H16N2O4. The fourth-order valence-corrected chi connectivity index (χ4v) is 1.79. The lowest BCUT2D eigenvalue weighted by atomic mass is 10.1. The third kappa shape index (κ3) is 4.05. The van der Waals surface area contributed by atoms with E-state index in [0.29, 0.717) is 23.0 Å². The van der Waals surface area contributed by atoms with Gasteiger partial charge in [0.15, 0.2) is 17.3 Å². The highest BCUT2D eigenvalue weighted by Gasteiger charge is 2.05. The van der Waals surface area contributed by atoms with Gasteiger partial charge in [-0.15, -0.1) is 0 Å². The Balaban J connectivity index is 2.03. The Bertz CT molecular complexity index is 698. The Labute approximate surface area is 128 Å². The number of aromatic nitrogens is 2. The molecule has 0 fully saturated rings. The highest BCUT2D eigenvalue weighted by Crippen LogP contribution is 2.26. The summed E-state index contributed by atoms with van der Waals surface area (Å²) in [6.45, 7) is 0. The number of rotatable bonds is 6. The molecule has 22 heavy (non-hydrogen) atoms. The molecule has 0 aliphatic carbocycles. The molecule has 0 saturated carbocycles. The SMILES string of the molecule is COc1ccnc(CC(=O)/C=C/c2ccc(OC)c(O)c2)n1. The third-order valence-corrected chi connectivity index (χ3v) is 2.89. The van der Waals surface area contributed by atoms with Crippen LogP contribution >= 0.6 is 0 Å². The summed E-state index contributed by atoms with van der Waals surface area (Å²) in [7, 11) is 2.98. The van der Waals surface area contributed by atoms with E-state index in [0.717, 1.165) is 0 Å². The molecule has 1 N–H and O–H groups in total. The average molecular weight is 300 g/mol. The van der Waals surface area contributed by atoms with E-state index >= 15 is 0 Å². The predicted octanol–water partition coefficient (Wildman–Crippen LogP) is 2.02. The van der Waals surface area contributed by atoms with Crippen LogP contribution in [0, 0.1) is 0 Å². The van der Waals surface area contributed by atoms with Crippen molar-refractivity contribution in [1.29, 1.82) is 0 Å². The minimum absolute atomic E-state index is 0.0215. The van der Waals surface area contributed by atoms with Gasteiger partial charge in [-0.05, 0) is 23.8 Å². The zero-order chi connectivity index (χ0) is 15.9. The molecular weight excluding hydrogens is 284 g/mol. The summed E-state index contributed by atoms with van der Waals surface area (Å²) in [5, 5.41) is 9.67. The van der Waals surface area contributed by atoms with Gasteiger partial charge in [0, 0.05) is 12.3 Å². The summed E-state index contributed by atoms with van der Waals surface area (Å²) in [5.41, 5.74) is 0.693. The lowest BCUT2D eigenvalue weighted by Crippen LogP contribution is -2.04. The Hall–Kier alpha value is -2.89. The van der Waals surface area contributed by atoms with E-state index in [9.17, 15) is 9.90 Å². The molecule has 2 rings (SSSR count). The van der Waals surface area contributed by atoms with Gasteiger partial charge in [-0.25, -0.2) is 4.98 Å². The first-order valence-corrected chi connectivity index (χ1v) is 6.56. The highest BCUT2D eigenvalue weighted by molar-refractivity contribution is 5.94. The standard InChI is InChI=1S/C16H16N2O4/c1-21-14-6-4-11(9-13(14)20)3-5-12(19)10-15-17-8-7-16(18-15)22-2/h3-9,20H,10H2,1-2H3/b5-3+. The van der Waals surface area contributed by atoms with E-state index in [1.54, 1.807) is 30.5 Å². The largest absolute Gasteiger partial charge is 0.504 e. The van der Waals surface area contributed by atoms with Crippen LogP contribution in [0.5, 0.6) is 17.4 Å². The Morgan fingerprint density at radius 1 is 1.27 bits per heavy atom. The van der Waals surface area contributed by atoms with Gasteiger partial charge in [-0.2, -0.15) is 4.98 Å². The molecule has 1 aromatic heterocycles. The quantitative estimate of drug-likeness (QED) is 0.822. The van der Waals surface area contributed by atoms with Crippen molar-refractivity contribution in [1.82, 2.24) is 9.97 Å². The van der Waals surface area contributed by atoms with Crippen LogP contribution in [0.2, 0.25) is 0 Å². The molecule has 6 heteroatoms. The van der Waals surface area contributed by atoms with Gasteiger partial charge >= 0.3 is 0 Å². The van der Waals surface area contributed by atoms with Crippen LogP contribution in [-0.2, 0) is 11.2 Å². The summed E-state index contributed by atoms with van der Waals surface area (Å²) in [4.78, 5) is 20.0. The van der Waals surface area contributed by atoms with E-state index in [1.165, 1.54) is 26.4 Å². The topological polar surface area (TPSA) is 81.5 Å². The number of ether oxygens (including phenoxy) is 2. The van der Waals surface area contributed by atoms with Crippen LogP contribution in [0.3, 0.4) is 0 Å². The number of phenols is 1. The minimum atomic E-state index is -0.149. The Morgan fingerprint density at radius 3 is 2.77 bits per heavy atom. The van der Waals surface area contributed by atoms with Gasteiger partial charge < -0.3 is 14.6 Å². The second-order valence-corrected chi connectivity index (χ2v) is 4.42. The van der Waals surface area contributed by atoms with Gasteiger partial charge in [-0.3, -0.25) is 4.79 Å². The second-order valence-electron chi connectivity index (χ2n) is 4.42. The number of ketones is 1. The Morgan fingerprint density at radius 2 is 2.09 bits per heavy atom. The molecule has 6 nitrogen and oxygen atoms in total. The van der Waals surface area contributed by atoms with Crippen molar-refractivity contribution >= 4 is 11.9 Å². The second kappa shape index (κ2) is 7.21. The summed E-state index contributed by atoms with van der Waals surface area (Å²) >= 11 is 0. The molecule has 0 unspecified atom stereocenters. The highest BCUT2D eigenvalue weighted by atomic mass is 16.5. The van der Waals surface area contributed by atoms with E-state index in [-0.39, 0.29) is 18.0 Å². The fraction of sp³-hybridized carbons (Fsp3) is 0.188. The number of aromatic hydroxyl groups is 1. The maximum absolute atomic E-state index is 11.9. The molecule has 0 amide bonds. The Kier molecular flexibility index (Phi) is 5.08.